The molecule has 0 fully saturated rings. The van der Waals surface area contributed by atoms with Gasteiger partial charge in [-0.25, -0.2) is 0 Å². The molecule has 0 aromatic carbocycles. The molecule has 0 unspecified atom stereocenters. The van der Waals surface area contributed by atoms with E-state index in [2.05, 4.69) is 5.10 Å². The van der Waals surface area contributed by atoms with Gasteiger partial charge < -0.3 is 0 Å². The normalized spacial score (nSPS) is 17.6. The first kappa shape index (κ1) is 6.08. The van der Waals surface area contributed by atoms with Gasteiger partial charge in [0.25, 0.3) is 0 Å². The standard InChI is InChI=1S/C7H10N2/c1-7-3-5-8-9(2)6-4-7/h3-6H,1-2H3. The minimum absolute atomic E-state index is 1.23. The fraction of sp³-hybridized carbons (Fsp3) is 0.286. The average Bonchev–Trinajstić information content (AvgIpc) is 1.97. The molecule has 2 heteroatoms. The van der Waals surface area contributed by atoms with Crippen LogP contribution in [0, 0.1) is 0 Å². The van der Waals surface area contributed by atoms with E-state index in [1.807, 2.05) is 32.3 Å². The van der Waals surface area contributed by atoms with Crippen LogP contribution in [0.2, 0.25) is 0 Å². The third-order valence-corrected chi connectivity index (χ3v) is 1.14. The molecule has 1 rings (SSSR count). The molecule has 2 nitrogen and oxygen atoms in total. The first-order valence-corrected chi connectivity index (χ1v) is 2.91. The maximum absolute atomic E-state index is 4.02. The van der Waals surface area contributed by atoms with Gasteiger partial charge in [-0.05, 0) is 24.6 Å². The summed E-state index contributed by atoms with van der Waals surface area (Å²) < 4.78 is 0. The number of allylic oxidation sites excluding steroid dienone is 3. The van der Waals surface area contributed by atoms with Crippen molar-refractivity contribution in [1.29, 1.82) is 0 Å². The molecule has 0 aliphatic carbocycles. The Morgan fingerprint density at radius 2 is 2.33 bits per heavy atom. The van der Waals surface area contributed by atoms with Crippen LogP contribution in [0.3, 0.4) is 0 Å². The van der Waals surface area contributed by atoms with E-state index in [-0.39, 0.29) is 0 Å². The monoisotopic (exact) mass is 122 g/mol. The van der Waals surface area contributed by atoms with Crippen LogP contribution < -0.4 is 0 Å². The molecule has 1 aliphatic rings. The zero-order chi connectivity index (χ0) is 6.69. The molecule has 9 heavy (non-hydrogen) atoms. The van der Waals surface area contributed by atoms with E-state index in [0.717, 1.165) is 0 Å². The SMILES string of the molecule is CC1=CC=NN(C)C=C1. The van der Waals surface area contributed by atoms with Gasteiger partial charge in [-0.3, -0.25) is 5.01 Å². The fourth-order valence-electron chi connectivity index (χ4n) is 0.576. The zero-order valence-corrected chi connectivity index (χ0v) is 5.70. The predicted octanol–water partition coefficient (Wildman–Crippen LogP) is 1.38. The third-order valence-electron chi connectivity index (χ3n) is 1.14. The van der Waals surface area contributed by atoms with E-state index < -0.39 is 0 Å². The minimum Gasteiger partial charge on any atom is -0.276 e. The maximum Gasteiger partial charge on any atom is 0.0477 e. The summed E-state index contributed by atoms with van der Waals surface area (Å²) in [5.74, 6) is 0. The molecule has 0 amide bonds. The van der Waals surface area contributed by atoms with E-state index in [9.17, 15) is 0 Å². The number of rotatable bonds is 0. The van der Waals surface area contributed by atoms with Gasteiger partial charge in [0.2, 0.25) is 0 Å². The largest absolute Gasteiger partial charge is 0.276 e. The zero-order valence-electron chi connectivity index (χ0n) is 5.70. The van der Waals surface area contributed by atoms with Gasteiger partial charge in [-0.15, -0.1) is 0 Å². The van der Waals surface area contributed by atoms with Crippen molar-refractivity contribution in [3.63, 3.8) is 0 Å². The van der Waals surface area contributed by atoms with Crippen LogP contribution in [0.4, 0.5) is 0 Å². The van der Waals surface area contributed by atoms with E-state index in [1.54, 1.807) is 11.2 Å². The van der Waals surface area contributed by atoms with Crippen LogP contribution in [-0.4, -0.2) is 18.3 Å². The maximum atomic E-state index is 4.02. The lowest BCUT2D eigenvalue weighted by molar-refractivity contribution is 0.494. The van der Waals surface area contributed by atoms with E-state index in [0.29, 0.717) is 0 Å². The van der Waals surface area contributed by atoms with Crippen molar-refractivity contribution in [3.8, 4) is 0 Å². The van der Waals surface area contributed by atoms with Crippen LogP contribution in [-0.2, 0) is 0 Å². The highest BCUT2D eigenvalue weighted by Gasteiger charge is 1.87. The lowest BCUT2D eigenvalue weighted by atomic mass is 10.3. The summed E-state index contributed by atoms with van der Waals surface area (Å²) >= 11 is 0. The van der Waals surface area contributed by atoms with Gasteiger partial charge >= 0.3 is 0 Å². The Hall–Kier alpha value is -1.05. The van der Waals surface area contributed by atoms with Crippen LogP contribution in [0.25, 0.3) is 0 Å². The fourth-order valence-corrected chi connectivity index (χ4v) is 0.576. The van der Waals surface area contributed by atoms with Gasteiger partial charge in [-0.2, -0.15) is 5.10 Å². The summed E-state index contributed by atoms with van der Waals surface area (Å²) in [6.07, 6.45) is 7.71. The molecule has 0 bridgehead atoms. The summed E-state index contributed by atoms with van der Waals surface area (Å²) in [6.45, 7) is 2.04. The van der Waals surface area contributed by atoms with Crippen LogP contribution in [0.5, 0.6) is 0 Å². The van der Waals surface area contributed by atoms with Crippen molar-refractivity contribution in [2.45, 2.75) is 6.92 Å². The van der Waals surface area contributed by atoms with Crippen LogP contribution in [0.1, 0.15) is 6.92 Å². The van der Waals surface area contributed by atoms with E-state index in [4.69, 9.17) is 0 Å². The van der Waals surface area contributed by atoms with Crippen molar-refractivity contribution in [1.82, 2.24) is 5.01 Å². The molecular weight excluding hydrogens is 112 g/mol. The van der Waals surface area contributed by atoms with Crippen molar-refractivity contribution in [2.75, 3.05) is 7.05 Å². The summed E-state index contributed by atoms with van der Waals surface area (Å²) in [5.41, 5.74) is 1.23. The molecule has 1 heterocycles. The van der Waals surface area contributed by atoms with Gasteiger partial charge in [0.05, 0.1) is 0 Å². The summed E-state index contributed by atoms with van der Waals surface area (Å²) in [5, 5.41) is 5.79. The second-order valence-corrected chi connectivity index (χ2v) is 2.06. The van der Waals surface area contributed by atoms with Crippen molar-refractivity contribution in [3.05, 3.63) is 23.9 Å². The lowest BCUT2D eigenvalue weighted by Crippen LogP contribution is -1.98. The smallest absolute Gasteiger partial charge is 0.0477 e. The molecular formula is C7H10N2. The van der Waals surface area contributed by atoms with Gasteiger partial charge in [0, 0.05) is 19.5 Å². The van der Waals surface area contributed by atoms with Gasteiger partial charge in [-0.1, -0.05) is 0 Å². The topological polar surface area (TPSA) is 15.6 Å². The molecule has 0 atom stereocenters. The Balaban J connectivity index is 2.75. The first-order valence-electron chi connectivity index (χ1n) is 2.91. The molecule has 0 spiro atoms. The van der Waals surface area contributed by atoms with Crippen molar-refractivity contribution in [2.24, 2.45) is 5.10 Å². The highest BCUT2D eigenvalue weighted by atomic mass is 15.4. The highest BCUT2D eigenvalue weighted by molar-refractivity contribution is 5.73. The Bertz CT molecular complexity index is 177. The van der Waals surface area contributed by atoms with Gasteiger partial charge in [0.1, 0.15) is 0 Å². The van der Waals surface area contributed by atoms with Crippen LogP contribution >= 0.6 is 0 Å². The van der Waals surface area contributed by atoms with Gasteiger partial charge in [0.15, 0.2) is 0 Å². The number of nitrogens with zero attached hydrogens (tertiary/aromatic N) is 2. The Morgan fingerprint density at radius 1 is 1.56 bits per heavy atom. The molecule has 0 aromatic heterocycles. The lowest BCUT2D eigenvalue weighted by Gasteiger charge is -2.01. The molecule has 0 aromatic rings. The molecule has 0 N–H and O–H groups in total. The first-order chi connectivity index (χ1) is 4.29. The Kier molecular flexibility index (Phi) is 1.68. The number of hydrogen-bond acceptors (Lipinski definition) is 2. The average molecular weight is 122 g/mol. The third kappa shape index (κ3) is 1.72. The van der Waals surface area contributed by atoms with Crippen LogP contribution in [0.15, 0.2) is 29.0 Å². The quantitative estimate of drug-likeness (QED) is 0.474. The summed E-state index contributed by atoms with van der Waals surface area (Å²) in [7, 11) is 1.90. The Morgan fingerprint density at radius 3 is 3.11 bits per heavy atom. The van der Waals surface area contributed by atoms with Crippen molar-refractivity contribution >= 4 is 6.21 Å². The molecule has 1 aliphatic heterocycles. The minimum atomic E-state index is 1.23. The van der Waals surface area contributed by atoms with E-state index >= 15 is 0 Å². The Labute approximate surface area is 55.2 Å². The summed E-state index contributed by atoms with van der Waals surface area (Å²) in [4.78, 5) is 0. The molecule has 0 saturated carbocycles. The second kappa shape index (κ2) is 2.49. The predicted molar refractivity (Wildman–Crippen MR) is 39.2 cm³/mol. The summed E-state index contributed by atoms with van der Waals surface area (Å²) in [6, 6.07) is 0. The van der Waals surface area contributed by atoms with E-state index in [1.165, 1.54) is 5.57 Å². The molecule has 0 saturated heterocycles. The highest BCUT2D eigenvalue weighted by Crippen LogP contribution is 1.98. The number of hydrogen-bond donors (Lipinski definition) is 0. The molecule has 48 valence electrons. The number of hydrazone groups is 1. The second-order valence-electron chi connectivity index (χ2n) is 2.06. The van der Waals surface area contributed by atoms with Crippen molar-refractivity contribution < 1.29 is 0 Å². The molecule has 0 radical (unpaired) electrons.